The summed E-state index contributed by atoms with van der Waals surface area (Å²) in [6.07, 6.45) is 2.81. The quantitative estimate of drug-likeness (QED) is 0.381. The van der Waals surface area contributed by atoms with Crippen molar-refractivity contribution in [1.29, 1.82) is 0 Å². The number of nitrogens with zero attached hydrogens (tertiary/aromatic N) is 5. The zero-order valence-electron chi connectivity index (χ0n) is 17.6. The van der Waals surface area contributed by atoms with E-state index in [1.807, 2.05) is 0 Å². The molecule has 3 amide bonds. The minimum Gasteiger partial charge on any atom is -0.341 e. The molecule has 2 atom stereocenters. The molecule has 3 aliphatic rings. The van der Waals surface area contributed by atoms with Gasteiger partial charge in [0.1, 0.15) is 12.2 Å². The van der Waals surface area contributed by atoms with Crippen molar-refractivity contribution < 1.29 is 24.2 Å². The molecule has 2 saturated heterocycles. The van der Waals surface area contributed by atoms with Gasteiger partial charge in [-0.05, 0) is 38.2 Å². The molecule has 1 saturated carbocycles. The predicted octanol–water partition coefficient (Wildman–Crippen LogP) is 1.68. The second-order valence-electron chi connectivity index (χ2n) is 8.31. The van der Waals surface area contributed by atoms with E-state index >= 15 is 0 Å². The molecule has 0 bridgehead atoms. The van der Waals surface area contributed by atoms with Crippen LogP contribution in [0, 0.1) is 32.1 Å². The van der Waals surface area contributed by atoms with E-state index in [0.717, 1.165) is 29.9 Å². The number of non-ortho nitro benzene ring substituents is 1. The van der Waals surface area contributed by atoms with Crippen molar-refractivity contribution in [2.75, 3.05) is 25.1 Å². The van der Waals surface area contributed by atoms with Crippen LogP contribution in [0.5, 0.6) is 0 Å². The molecule has 2 aliphatic heterocycles. The average molecular weight is 458 g/mol. The lowest BCUT2D eigenvalue weighted by Crippen LogP contribution is -2.42. The Labute approximate surface area is 187 Å². The van der Waals surface area contributed by atoms with E-state index in [1.54, 1.807) is 4.90 Å². The van der Waals surface area contributed by atoms with E-state index in [4.69, 9.17) is 0 Å². The Morgan fingerprint density at radius 2 is 1.79 bits per heavy atom. The molecule has 174 valence electrons. The first-order valence-corrected chi connectivity index (χ1v) is 10.6. The van der Waals surface area contributed by atoms with Crippen LogP contribution in [0.1, 0.15) is 32.1 Å². The van der Waals surface area contributed by atoms with Gasteiger partial charge in [0.05, 0.1) is 27.7 Å². The van der Waals surface area contributed by atoms with E-state index in [-0.39, 0.29) is 30.5 Å². The maximum atomic E-state index is 12.9. The maximum Gasteiger partial charge on any atom is 0.301 e. The number of fused-ring (bicyclic) bond motifs is 1. The number of nitrogens with one attached hydrogen (secondary N) is 1. The van der Waals surface area contributed by atoms with E-state index in [1.165, 1.54) is 6.07 Å². The van der Waals surface area contributed by atoms with Crippen molar-refractivity contribution in [3.63, 3.8) is 0 Å². The predicted molar refractivity (Wildman–Crippen MR) is 114 cm³/mol. The molecule has 1 aromatic rings. The third-order valence-corrected chi connectivity index (χ3v) is 6.33. The zero-order valence-corrected chi connectivity index (χ0v) is 17.6. The molecule has 33 heavy (non-hydrogen) atoms. The fraction of sp³-hybridized carbons (Fsp3) is 0.500. The van der Waals surface area contributed by atoms with Crippen LogP contribution >= 0.6 is 0 Å². The number of hydrogen-bond donors (Lipinski definition) is 1. The average Bonchev–Trinajstić information content (AvgIpc) is 3.41. The summed E-state index contributed by atoms with van der Waals surface area (Å²) in [5.41, 5.74) is 2.19. The Bertz CT molecular complexity index is 1060. The molecule has 3 fully saturated rings. The van der Waals surface area contributed by atoms with Crippen molar-refractivity contribution in [3.05, 3.63) is 38.4 Å². The van der Waals surface area contributed by atoms with Crippen LogP contribution < -0.4 is 5.43 Å². The van der Waals surface area contributed by atoms with E-state index < -0.39 is 39.0 Å². The molecular formula is C20H22N6O7. The third kappa shape index (κ3) is 4.38. The van der Waals surface area contributed by atoms with Crippen molar-refractivity contribution in [2.24, 2.45) is 16.9 Å². The first-order valence-electron chi connectivity index (χ1n) is 10.6. The molecule has 13 nitrogen and oxygen atoms in total. The number of hydrazone groups is 1. The number of nitro groups is 2. The maximum absolute atomic E-state index is 12.9. The van der Waals surface area contributed by atoms with Crippen LogP contribution in [0.25, 0.3) is 0 Å². The number of benzene rings is 1. The van der Waals surface area contributed by atoms with Gasteiger partial charge in [0.2, 0.25) is 17.7 Å². The highest BCUT2D eigenvalue weighted by Crippen LogP contribution is 2.37. The van der Waals surface area contributed by atoms with Gasteiger partial charge < -0.3 is 4.90 Å². The van der Waals surface area contributed by atoms with E-state index in [9.17, 15) is 34.6 Å². The highest BCUT2D eigenvalue weighted by Gasteiger charge is 2.50. The number of carbonyl (C=O) groups excluding carboxylic acids is 3. The Kier molecular flexibility index (Phi) is 6.03. The summed E-state index contributed by atoms with van der Waals surface area (Å²) in [5, 5.41) is 26.3. The van der Waals surface area contributed by atoms with Crippen LogP contribution in [-0.4, -0.2) is 62.7 Å². The normalized spacial score (nSPS) is 23.7. The summed E-state index contributed by atoms with van der Waals surface area (Å²) in [6.45, 7) is 1.03. The summed E-state index contributed by atoms with van der Waals surface area (Å²) in [6, 6.07) is 3.16. The fourth-order valence-electron chi connectivity index (χ4n) is 4.56. The fourth-order valence-corrected chi connectivity index (χ4v) is 4.56. The number of hydrogen-bond acceptors (Lipinski definition) is 9. The Balaban J connectivity index is 1.44. The van der Waals surface area contributed by atoms with Crippen molar-refractivity contribution >= 4 is 40.5 Å². The SMILES string of the molecule is O=C(CN1C(=O)[C@H]2CC/C(=N\Nc3ccc([N+](=O)[O-])cc3[N+](=O)[O-])C[C@@H]2C1=O)N1CCCC1. The monoisotopic (exact) mass is 458 g/mol. The molecular weight excluding hydrogens is 436 g/mol. The molecule has 4 rings (SSSR count). The topological polar surface area (TPSA) is 168 Å². The van der Waals surface area contributed by atoms with Crippen LogP contribution in [-0.2, 0) is 14.4 Å². The third-order valence-electron chi connectivity index (χ3n) is 6.33. The molecule has 0 radical (unpaired) electrons. The van der Waals surface area contributed by atoms with Crippen LogP contribution in [0.3, 0.4) is 0 Å². The summed E-state index contributed by atoms with van der Waals surface area (Å²) in [7, 11) is 0. The van der Waals surface area contributed by atoms with Crippen LogP contribution in [0.2, 0.25) is 0 Å². The molecule has 1 aliphatic carbocycles. The minimum atomic E-state index is -0.749. The number of amides is 3. The molecule has 0 aromatic heterocycles. The summed E-state index contributed by atoms with van der Waals surface area (Å²) >= 11 is 0. The summed E-state index contributed by atoms with van der Waals surface area (Å²) in [5.74, 6) is -2.09. The largest absolute Gasteiger partial charge is 0.341 e. The number of anilines is 1. The van der Waals surface area contributed by atoms with Gasteiger partial charge in [0.25, 0.3) is 5.69 Å². The second kappa shape index (κ2) is 8.92. The zero-order chi connectivity index (χ0) is 23.7. The molecule has 1 aromatic carbocycles. The van der Waals surface area contributed by atoms with Gasteiger partial charge in [-0.25, -0.2) is 0 Å². The minimum absolute atomic E-state index is 0.0214. The Hall–Kier alpha value is -3.90. The first-order chi connectivity index (χ1) is 15.8. The molecule has 0 unspecified atom stereocenters. The number of nitro benzene ring substituents is 2. The van der Waals surface area contributed by atoms with Gasteiger partial charge in [-0.15, -0.1) is 0 Å². The van der Waals surface area contributed by atoms with E-state index in [2.05, 4.69) is 10.5 Å². The molecule has 2 heterocycles. The van der Waals surface area contributed by atoms with Crippen molar-refractivity contribution in [3.8, 4) is 0 Å². The lowest BCUT2D eigenvalue weighted by molar-refractivity contribution is -0.393. The van der Waals surface area contributed by atoms with Crippen LogP contribution in [0.4, 0.5) is 17.1 Å². The number of imide groups is 1. The number of likely N-dealkylation sites (tertiary alicyclic amines) is 2. The van der Waals surface area contributed by atoms with Crippen LogP contribution in [0.15, 0.2) is 23.3 Å². The molecule has 1 N–H and O–H groups in total. The Morgan fingerprint density at radius 1 is 1.09 bits per heavy atom. The number of rotatable bonds is 6. The molecule has 0 spiro atoms. The van der Waals surface area contributed by atoms with Gasteiger partial charge in [0.15, 0.2) is 0 Å². The van der Waals surface area contributed by atoms with Gasteiger partial charge >= 0.3 is 5.69 Å². The summed E-state index contributed by atoms with van der Waals surface area (Å²) in [4.78, 5) is 61.4. The highest BCUT2D eigenvalue weighted by molar-refractivity contribution is 6.09. The van der Waals surface area contributed by atoms with Gasteiger partial charge in [-0.2, -0.15) is 5.10 Å². The van der Waals surface area contributed by atoms with Crippen molar-refractivity contribution in [1.82, 2.24) is 9.80 Å². The van der Waals surface area contributed by atoms with Crippen molar-refractivity contribution in [2.45, 2.75) is 32.1 Å². The van der Waals surface area contributed by atoms with Gasteiger partial charge in [-0.1, -0.05) is 0 Å². The smallest absolute Gasteiger partial charge is 0.301 e. The second-order valence-corrected chi connectivity index (χ2v) is 8.31. The lowest BCUT2D eigenvalue weighted by atomic mass is 9.80. The standard InChI is InChI=1S/C20H22N6O7/c27-18(23-7-1-2-8-23)11-24-19(28)14-5-3-12(9-15(14)20(24)29)21-22-16-6-4-13(25(30)31)10-17(16)26(32)33/h4,6,10,14-15,22H,1-3,5,7-9,11H2/b21-12+/t14-,15-/m0/s1. The summed E-state index contributed by atoms with van der Waals surface area (Å²) < 4.78 is 0. The molecule has 13 heteroatoms. The Morgan fingerprint density at radius 3 is 2.45 bits per heavy atom. The van der Waals surface area contributed by atoms with Gasteiger partial charge in [-0.3, -0.25) is 44.9 Å². The first kappa shape index (κ1) is 22.3. The lowest BCUT2D eigenvalue weighted by Gasteiger charge is -2.22. The van der Waals surface area contributed by atoms with E-state index in [0.29, 0.717) is 31.6 Å². The highest BCUT2D eigenvalue weighted by atomic mass is 16.6. The van der Waals surface area contributed by atoms with Gasteiger partial charge in [0, 0.05) is 24.9 Å². The number of carbonyl (C=O) groups is 3.